The number of piperidine rings is 1. The summed E-state index contributed by atoms with van der Waals surface area (Å²) in [6, 6.07) is 12.3. The molecular formula is C24H26Cl3N5O. The molecule has 5 rings (SSSR count). The largest absolute Gasteiger partial charge is 0.473 e. The number of nitrogens with zero attached hydrogens (tertiary/aromatic N) is 5. The second kappa shape index (κ2) is 9.92. The standard InChI is InChI=1S/C24H25Cl2N5O.ClH/c1-2-12-31-22(24(10-11-24)17-6-4-3-5-7-17)28-29-23(31)30-13-8-19(9-14-30)32-21-20(26)15-18(25)16-27-21;/h2-7,15-16,19H,1,8-14H2;1H. The molecule has 3 heterocycles. The second-order valence-corrected chi connectivity index (χ2v) is 9.26. The number of allylic oxidation sites excluding steroid dienone is 1. The fourth-order valence-electron chi connectivity index (χ4n) is 4.52. The molecular weight excluding hydrogens is 481 g/mol. The monoisotopic (exact) mass is 505 g/mol. The minimum absolute atomic E-state index is 0. The highest BCUT2D eigenvalue weighted by Gasteiger charge is 2.50. The lowest BCUT2D eigenvalue weighted by Crippen LogP contribution is -2.40. The summed E-state index contributed by atoms with van der Waals surface area (Å²) in [4.78, 5) is 6.51. The SMILES string of the molecule is C=CCn1c(N2CCC(Oc3ncc(Cl)cc3Cl)CC2)nnc1C1(c2ccccc2)CC1.Cl. The molecule has 2 aliphatic rings. The maximum Gasteiger partial charge on any atom is 0.232 e. The molecule has 174 valence electrons. The van der Waals surface area contributed by atoms with Crippen molar-refractivity contribution in [1.82, 2.24) is 19.7 Å². The van der Waals surface area contributed by atoms with Gasteiger partial charge in [-0.15, -0.1) is 29.2 Å². The molecule has 0 atom stereocenters. The average Bonchev–Trinajstić information content (AvgIpc) is 3.51. The fraction of sp³-hybridized carbons (Fsp3) is 0.375. The first kappa shape index (κ1) is 23.9. The van der Waals surface area contributed by atoms with Gasteiger partial charge in [0, 0.05) is 38.7 Å². The topological polar surface area (TPSA) is 56.1 Å². The number of hydrogen-bond donors (Lipinski definition) is 0. The van der Waals surface area contributed by atoms with Gasteiger partial charge >= 0.3 is 0 Å². The molecule has 1 saturated carbocycles. The molecule has 0 N–H and O–H groups in total. The third-order valence-electron chi connectivity index (χ3n) is 6.32. The van der Waals surface area contributed by atoms with Crippen LogP contribution in [0.25, 0.3) is 0 Å². The predicted molar refractivity (Wildman–Crippen MR) is 134 cm³/mol. The van der Waals surface area contributed by atoms with E-state index in [1.807, 2.05) is 6.08 Å². The van der Waals surface area contributed by atoms with E-state index < -0.39 is 0 Å². The zero-order chi connectivity index (χ0) is 22.1. The van der Waals surface area contributed by atoms with Gasteiger partial charge in [0.05, 0.1) is 10.4 Å². The molecule has 0 amide bonds. The van der Waals surface area contributed by atoms with Crippen LogP contribution in [-0.2, 0) is 12.0 Å². The van der Waals surface area contributed by atoms with Gasteiger partial charge in [0.25, 0.3) is 0 Å². The van der Waals surface area contributed by atoms with Crippen molar-refractivity contribution in [2.24, 2.45) is 0 Å². The summed E-state index contributed by atoms with van der Waals surface area (Å²) in [6.45, 7) is 6.30. The zero-order valence-electron chi connectivity index (χ0n) is 18.2. The van der Waals surface area contributed by atoms with Gasteiger partial charge in [-0.05, 0) is 24.5 Å². The average molecular weight is 507 g/mol. The molecule has 6 nitrogen and oxygen atoms in total. The fourth-order valence-corrected chi connectivity index (χ4v) is 4.95. The highest BCUT2D eigenvalue weighted by molar-refractivity contribution is 6.35. The molecule has 0 unspecified atom stereocenters. The summed E-state index contributed by atoms with van der Waals surface area (Å²) in [7, 11) is 0. The van der Waals surface area contributed by atoms with Crippen molar-refractivity contribution >= 4 is 41.6 Å². The second-order valence-electron chi connectivity index (χ2n) is 8.42. The third-order valence-corrected chi connectivity index (χ3v) is 6.80. The van der Waals surface area contributed by atoms with E-state index in [1.54, 1.807) is 12.3 Å². The molecule has 33 heavy (non-hydrogen) atoms. The summed E-state index contributed by atoms with van der Waals surface area (Å²) in [5.41, 5.74) is 1.28. The number of anilines is 1. The smallest absolute Gasteiger partial charge is 0.232 e. The molecule has 0 spiro atoms. The number of halogens is 3. The Bertz CT molecular complexity index is 1110. The van der Waals surface area contributed by atoms with E-state index in [9.17, 15) is 0 Å². The lowest BCUT2D eigenvalue weighted by molar-refractivity contribution is 0.163. The van der Waals surface area contributed by atoms with E-state index in [0.29, 0.717) is 22.5 Å². The van der Waals surface area contributed by atoms with Gasteiger partial charge in [-0.25, -0.2) is 4.98 Å². The highest BCUT2D eigenvalue weighted by atomic mass is 35.5. The summed E-state index contributed by atoms with van der Waals surface area (Å²) in [5.74, 6) is 2.38. The van der Waals surface area contributed by atoms with Crippen LogP contribution in [0.1, 0.15) is 37.1 Å². The number of pyridine rings is 1. The number of ether oxygens (including phenoxy) is 1. The lowest BCUT2D eigenvalue weighted by Gasteiger charge is -2.33. The van der Waals surface area contributed by atoms with Crippen LogP contribution in [0.2, 0.25) is 10.0 Å². The number of aromatic nitrogens is 4. The Morgan fingerprint density at radius 3 is 2.48 bits per heavy atom. The van der Waals surface area contributed by atoms with Gasteiger partial charge in [0.2, 0.25) is 11.8 Å². The molecule has 1 saturated heterocycles. The van der Waals surface area contributed by atoms with Crippen molar-refractivity contribution in [3.8, 4) is 5.88 Å². The van der Waals surface area contributed by atoms with Gasteiger partial charge in [0.1, 0.15) is 17.0 Å². The number of benzene rings is 1. The van der Waals surface area contributed by atoms with E-state index in [-0.39, 0.29) is 23.9 Å². The highest BCUT2D eigenvalue weighted by Crippen LogP contribution is 2.53. The van der Waals surface area contributed by atoms with Crippen molar-refractivity contribution < 1.29 is 4.74 Å². The zero-order valence-corrected chi connectivity index (χ0v) is 20.5. The van der Waals surface area contributed by atoms with Crippen LogP contribution >= 0.6 is 35.6 Å². The predicted octanol–water partition coefficient (Wildman–Crippen LogP) is 5.72. The summed E-state index contributed by atoms with van der Waals surface area (Å²) in [5, 5.41) is 10.2. The normalized spacial score (nSPS) is 17.3. The van der Waals surface area contributed by atoms with E-state index in [2.05, 4.69) is 61.6 Å². The van der Waals surface area contributed by atoms with Crippen molar-refractivity contribution in [3.05, 3.63) is 76.7 Å². The van der Waals surface area contributed by atoms with E-state index in [4.69, 9.17) is 27.9 Å². The molecule has 2 aromatic heterocycles. The summed E-state index contributed by atoms with van der Waals surface area (Å²) >= 11 is 12.2. The van der Waals surface area contributed by atoms with Crippen LogP contribution < -0.4 is 9.64 Å². The van der Waals surface area contributed by atoms with Crippen molar-refractivity contribution in [1.29, 1.82) is 0 Å². The summed E-state index contributed by atoms with van der Waals surface area (Å²) in [6.07, 6.45) is 7.40. The Hall–Kier alpha value is -2.28. The molecule has 0 bridgehead atoms. The van der Waals surface area contributed by atoms with Crippen LogP contribution in [0.4, 0.5) is 5.95 Å². The third kappa shape index (κ3) is 4.70. The molecule has 2 fully saturated rings. The van der Waals surface area contributed by atoms with Crippen molar-refractivity contribution in [2.45, 2.75) is 43.7 Å². The minimum atomic E-state index is -0.0338. The van der Waals surface area contributed by atoms with Crippen LogP contribution in [0.15, 0.2) is 55.3 Å². The van der Waals surface area contributed by atoms with E-state index in [1.165, 1.54) is 5.56 Å². The molecule has 3 aromatic rings. The number of rotatable bonds is 7. The van der Waals surface area contributed by atoms with Crippen LogP contribution in [0.3, 0.4) is 0 Å². The Morgan fingerprint density at radius 2 is 1.85 bits per heavy atom. The maximum atomic E-state index is 6.22. The molecule has 0 radical (unpaired) electrons. The van der Waals surface area contributed by atoms with Gasteiger partial charge < -0.3 is 9.64 Å². The molecule has 9 heteroatoms. The first-order valence-corrected chi connectivity index (χ1v) is 11.7. The van der Waals surface area contributed by atoms with Crippen LogP contribution in [0.5, 0.6) is 5.88 Å². The van der Waals surface area contributed by atoms with Crippen molar-refractivity contribution in [2.75, 3.05) is 18.0 Å². The van der Waals surface area contributed by atoms with E-state index >= 15 is 0 Å². The molecule has 1 aliphatic heterocycles. The van der Waals surface area contributed by atoms with Gasteiger partial charge in [-0.1, -0.05) is 59.6 Å². The molecule has 1 aromatic carbocycles. The Morgan fingerprint density at radius 1 is 1.12 bits per heavy atom. The Labute approximate surface area is 210 Å². The van der Waals surface area contributed by atoms with Crippen LogP contribution in [0, 0.1) is 0 Å². The van der Waals surface area contributed by atoms with Gasteiger partial charge in [-0.2, -0.15) is 0 Å². The first-order valence-electron chi connectivity index (χ1n) is 10.9. The molecule has 1 aliphatic carbocycles. The quantitative estimate of drug-likeness (QED) is 0.384. The Balaban J connectivity index is 0.00000259. The first-order chi connectivity index (χ1) is 15.6. The van der Waals surface area contributed by atoms with Crippen LogP contribution in [-0.4, -0.2) is 38.9 Å². The number of hydrogen-bond acceptors (Lipinski definition) is 5. The van der Waals surface area contributed by atoms with Crippen molar-refractivity contribution in [3.63, 3.8) is 0 Å². The Kier molecular flexibility index (Phi) is 7.17. The summed E-state index contributed by atoms with van der Waals surface area (Å²) < 4.78 is 8.27. The maximum absolute atomic E-state index is 6.22. The van der Waals surface area contributed by atoms with E-state index in [0.717, 1.165) is 50.5 Å². The van der Waals surface area contributed by atoms with Gasteiger partial charge in [0.15, 0.2) is 0 Å². The lowest BCUT2D eigenvalue weighted by atomic mass is 9.95. The van der Waals surface area contributed by atoms with Gasteiger partial charge in [-0.3, -0.25) is 4.57 Å². The minimum Gasteiger partial charge on any atom is -0.473 e.